The van der Waals surface area contributed by atoms with Crippen LogP contribution in [0.5, 0.6) is 0 Å². The summed E-state index contributed by atoms with van der Waals surface area (Å²) in [5, 5.41) is 12.7. The van der Waals surface area contributed by atoms with Gasteiger partial charge in [-0.05, 0) is 30.8 Å². The Kier molecular flexibility index (Phi) is 8.25. The summed E-state index contributed by atoms with van der Waals surface area (Å²) in [4.78, 5) is 28.0. The van der Waals surface area contributed by atoms with Crippen molar-refractivity contribution in [3.8, 4) is 0 Å². The largest absolute Gasteiger partial charge is 0.359 e. The third-order valence-electron chi connectivity index (χ3n) is 5.09. The van der Waals surface area contributed by atoms with Crippen molar-refractivity contribution >= 4 is 23.2 Å². The molecule has 9 nitrogen and oxygen atoms in total. The smallest absolute Gasteiger partial charge is 0.300 e. The normalized spacial score (nSPS) is 14.9. The van der Waals surface area contributed by atoms with E-state index >= 15 is 0 Å². The Labute approximate surface area is 198 Å². The molecular formula is C21H27Cl2N7O2. The van der Waals surface area contributed by atoms with Gasteiger partial charge in [0.2, 0.25) is 0 Å². The second-order valence-electron chi connectivity index (χ2n) is 8.01. The van der Waals surface area contributed by atoms with E-state index in [-0.39, 0.29) is 10.6 Å². The van der Waals surface area contributed by atoms with Gasteiger partial charge in [0, 0.05) is 52.7 Å². The Morgan fingerprint density at radius 2 is 1.91 bits per heavy atom. The van der Waals surface area contributed by atoms with Gasteiger partial charge >= 0.3 is 0 Å². The van der Waals surface area contributed by atoms with Crippen LogP contribution in [-0.2, 0) is 13.1 Å². The third-order valence-corrected chi connectivity index (χ3v) is 5.54. The first-order valence-electron chi connectivity index (χ1n) is 10.1. The lowest BCUT2D eigenvalue weighted by Gasteiger charge is -2.38. The molecule has 3 rings (SSSR count). The highest BCUT2D eigenvalue weighted by atomic mass is 35.5. The first kappa shape index (κ1) is 24.2. The zero-order chi connectivity index (χ0) is 23.3. The summed E-state index contributed by atoms with van der Waals surface area (Å²) in [5.74, 6) is 0.644. The van der Waals surface area contributed by atoms with Crippen LogP contribution >= 0.6 is 23.2 Å². The minimum absolute atomic E-state index is 0.205. The molecule has 32 heavy (non-hydrogen) atoms. The van der Waals surface area contributed by atoms with E-state index in [0.717, 1.165) is 11.3 Å². The van der Waals surface area contributed by atoms with Gasteiger partial charge in [-0.1, -0.05) is 29.3 Å². The number of rotatable bonds is 9. The lowest BCUT2D eigenvalue weighted by Crippen LogP contribution is -2.49. The molecule has 0 atom stereocenters. The first-order valence-corrected chi connectivity index (χ1v) is 10.9. The van der Waals surface area contributed by atoms with E-state index in [1.54, 1.807) is 18.5 Å². The first-order chi connectivity index (χ1) is 15.2. The highest BCUT2D eigenvalue weighted by Gasteiger charge is 2.32. The van der Waals surface area contributed by atoms with Crippen molar-refractivity contribution in [2.75, 3.05) is 47.4 Å². The molecule has 0 spiro atoms. The van der Waals surface area contributed by atoms with Gasteiger partial charge in [0.25, 0.3) is 5.70 Å². The number of aromatic nitrogens is 2. The molecule has 3 heterocycles. The van der Waals surface area contributed by atoms with Gasteiger partial charge in [-0.2, -0.15) is 0 Å². The van der Waals surface area contributed by atoms with Crippen LogP contribution in [0.2, 0.25) is 10.2 Å². The molecule has 0 fully saturated rings. The van der Waals surface area contributed by atoms with E-state index in [1.165, 1.54) is 0 Å². The monoisotopic (exact) mass is 479 g/mol. The van der Waals surface area contributed by atoms with Crippen molar-refractivity contribution in [3.63, 3.8) is 0 Å². The maximum Gasteiger partial charge on any atom is 0.300 e. The van der Waals surface area contributed by atoms with E-state index < -0.39 is 0 Å². The van der Waals surface area contributed by atoms with E-state index in [9.17, 15) is 10.1 Å². The van der Waals surface area contributed by atoms with Crippen molar-refractivity contribution in [1.29, 1.82) is 0 Å². The van der Waals surface area contributed by atoms with Crippen molar-refractivity contribution in [2.45, 2.75) is 13.1 Å². The minimum atomic E-state index is -0.285. The van der Waals surface area contributed by atoms with Gasteiger partial charge in [-0.25, -0.2) is 4.98 Å². The van der Waals surface area contributed by atoms with Gasteiger partial charge in [-0.3, -0.25) is 24.9 Å². The van der Waals surface area contributed by atoms with Crippen LogP contribution in [0.3, 0.4) is 0 Å². The Hall–Kier alpha value is -2.46. The molecule has 2 aromatic heterocycles. The maximum absolute atomic E-state index is 11.7. The van der Waals surface area contributed by atoms with Gasteiger partial charge in [0.05, 0.1) is 28.9 Å². The molecular weight excluding hydrogens is 453 g/mol. The average molecular weight is 480 g/mol. The molecule has 0 aliphatic carbocycles. The molecule has 0 amide bonds. The number of hydrogen-bond acceptors (Lipinski definition) is 8. The Morgan fingerprint density at radius 1 is 1.12 bits per heavy atom. The van der Waals surface area contributed by atoms with Crippen molar-refractivity contribution in [2.24, 2.45) is 0 Å². The topological polar surface area (TPSA) is 81.9 Å². The van der Waals surface area contributed by atoms with Crippen molar-refractivity contribution in [3.05, 3.63) is 79.7 Å². The van der Waals surface area contributed by atoms with Gasteiger partial charge in [-0.15, -0.1) is 0 Å². The zero-order valence-electron chi connectivity index (χ0n) is 18.4. The standard InChI is InChI=1S/C21H27Cl2N7O2/c1-26(2)21-19(30(31)32)14-27(3)15-29(21)9-8-28(12-16-4-7-20(23)25-10-16)13-18-6-5-17(22)11-24-18/h4-7,10-11H,8-9,12-15H2,1-3H3. The Morgan fingerprint density at radius 3 is 2.50 bits per heavy atom. The number of nitrogens with zero attached hydrogens (tertiary/aromatic N) is 7. The predicted molar refractivity (Wildman–Crippen MR) is 125 cm³/mol. The molecule has 0 aromatic carbocycles. The number of pyridine rings is 2. The van der Waals surface area contributed by atoms with Gasteiger partial charge < -0.3 is 9.80 Å². The van der Waals surface area contributed by atoms with Crippen LogP contribution in [0.1, 0.15) is 11.3 Å². The van der Waals surface area contributed by atoms with Crippen LogP contribution in [0, 0.1) is 10.1 Å². The lowest BCUT2D eigenvalue weighted by molar-refractivity contribution is -0.433. The van der Waals surface area contributed by atoms with Crippen LogP contribution < -0.4 is 0 Å². The molecule has 0 unspecified atom stereocenters. The average Bonchev–Trinajstić information content (AvgIpc) is 2.74. The molecule has 0 bridgehead atoms. The number of nitro groups is 1. The molecule has 1 aliphatic heterocycles. The molecule has 0 saturated heterocycles. The number of halogens is 2. The predicted octanol–water partition coefficient (Wildman–Crippen LogP) is 3.00. The fraction of sp³-hybridized carbons (Fsp3) is 0.429. The fourth-order valence-corrected chi connectivity index (χ4v) is 3.96. The van der Waals surface area contributed by atoms with E-state index in [4.69, 9.17) is 23.2 Å². The summed E-state index contributed by atoms with van der Waals surface area (Å²) in [7, 11) is 5.57. The maximum atomic E-state index is 11.7. The van der Waals surface area contributed by atoms with Crippen LogP contribution in [-0.4, -0.2) is 81.9 Å². The fourth-order valence-electron chi connectivity index (χ4n) is 3.74. The Balaban J connectivity index is 1.79. The van der Waals surface area contributed by atoms with E-state index in [0.29, 0.717) is 55.4 Å². The highest BCUT2D eigenvalue weighted by molar-refractivity contribution is 6.30. The zero-order valence-corrected chi connectivity index (χ0v) is 19.9. The SMILES string of the molecule is CN1CC([N+](=O)[O-])=C(N(C)C)N(CCN(Cc2ccc(Cl)nc2)Cc2ccc(Cl)cn2)C1. The molecule has 0 N–H and O–H groups in total. The number of hydrogen-bond donors (Lipinski definition) is 0. The summed E-state index contributed by atoms with van der Waals surface area (Å²) >= 11 is 11.9. The second-order valence-corrected chi connectivity index (χ2v) is 8.83. The Bertz CT molecular complexity index is 904. The minimum Gasteiger partial charge on any atom is -0.359 e. The summed E-state index contributed by atoms with van der Waals surface area (Å²) in [6.45, 7) is 3.45. The van der Waals surface area contributed by atoms with Gasteiger partial charge in [0.15, 0.2) is 5.82 Å². The summed E-state index contributed by atoms with van der Waals surface area (Å²) in [6.07, 6.45) is 3.39. The molecule has 2 aromatic rings. The molecule has 172 valence electrons. The molecule has 1 aliphatic rings. The van der Waals surface area contributed by atoms with Gasteiger partial charge in [0.1, 0.15) is 5.15 Å². The second kappa shape index (κ2) is 10.9. The number of likely N-dealkylation sites (N-methyl/N-ethyl adjacent to an activating group) is 1. The van der Waals surface area contributed by atoms with Crippen molar-refractivity contribution in [1.82, 2.24) is 29.6 Å². The van der Waals surface area contributed by atoms with E-state index in [2.05, 4.69) is 14.9 Å². The molecule has 0 saturated carbocycles. The highest BCUT2D eigenvalue weighted by Crippen LogP contribution is 2.21. The quantitative estimate of drug-likeness (QED) is 0.308. The summed E-state index contributed by atoms with van der Waals surface area (Å²) in [6, 6.07) is 7.44. The van der Waals surface area contributed by atoms with Crippen LogP contribution in [0.15, 0.2) is 48.2 Å². The third kappa shape index (κ3) is 6.52. The van der Waals surface area contributed by atoms with Crippen LogP contribution in [0.25, 0.3) is 0 Å². The lowest BCUT2D eigenvalue weighted by atomic mass is 10.2. The molecule has 11 heteroatoms. The van der Waals surface area contributed by atoms with E-state index in [1.807, 2.05) is 54.0 Å². The summed E-state index contributed by atoms with van der Waals surface area (Å²) < 4.78 is 0. The van der Waals surface area contributed by atoms with Crippen molar-refractivity contribution < 1.29 is 4.92 Å². The summed E-state index contributed by atoms with van der Waals surface area (Å²) in [5.41, 5.74) is 2.12. The van der Waals surface area contributed by atoms with Crippen LogP contribution in [0.4, 0.5) is 0 Å². The molecule has 0 radical (unpaired) electrons.